The highest BCUT2D eigenvalue weighted by atomic mass is 16.6. The molecule has 0 N–H and O–H groups in total. The summed E-state index contributed by atoms with van der Waals surface area (Å²) < 4.78 is 5.40. The highest BCUT2D eigenvalue weighted by Crippen LogP contribution is 2.60. The van der Waals surface area contributed by atoms with Gasteiger partial charge in [0.1, 0.15) is 5.60 Å². The number of nitrogens with zero attached hydrogens (tertiary/aromatic N) is 2. The predicted molar refractivity (Wildman–Crippen MR) is 94.6 cm³/mol. The predicted octanol–water partition coefficient (Wildman–Crippen LogP) is 3.30. The third-order valence-corrected chi connectivity index (χ3v) is 4.93. The van der Waals surface area contributed by atoms with Crippen molar-refractivity contribution in [2.75, 3.05) is 26.2 Å². The van der Waals surface area contributed by atoms with Gasteiger partial charge in [-0.05, 0) is 46.0 Å². The van der Waals surface area contributed by atoms with Gasteiger partial charge in [-0.3, -0.25) is 4.79 Å². The molecule has 5 nitrogen and oxygen atoms in total. The van der Waals surface area contributed by atoms with Crippen LogP contribution >= 0.6 is 0 Å². The van der Waals surface area contributed by atoms with Gasteiger partial charge >= 0.3 is 6.09 Å². The first-order valence-corrected chi connectivity index (χ1v) is 8.85. The Morgan fingerprint density at radius 3 is 2.00 bits per heavy atom. The maximum absolute atomic E-state index is 12.8. The van der Waals surface area contributed by atoms with E-state index in [1.165, 1.54) is 5.57 Å². The van der Waals surface area contributed by atoms with Crippen molar-refractivity contribution in [1.29, 1.82) is 0 Å². The van der Waals surface area contributed by atoms with E-state index in [0.717, 1.165) is 0 Å². The maximum Gasteiger partial charge on any atom is 0.410 e. The number of piperazine rings is 1. The average molecular weight is 336 g/mol. The van der Waals surface area contributed by atoms with Crippen LogP contribution in [0, 0.1) is 17.3 Å². The summed E-state index contributed by atoms with van der Waals surface area (Å²) in [5, 5.41) is 0. The van der Waals surface area contributed by atoms with Gasteiger partial charge in [-0.25, -0.2) is 4.79 Å². The summed E-state index contributed by atoms with van der Waals surface area (Å²) in [7, 11) is 0. The molecule has 5 heteroatoms. The van der Waals surface area contributed by atoms with E-state index in [9.17, 15) is 9.59 Å². The van der Waals surface area contributed by atoms with Crippen LogP contribution in [0.2, 0.25) is 0 Å². The lowest BCUT2D eigenvalue weighted by Gasteiger charge is -2.36. The molecule has 136 valence electrons. The van der Waals surface area contributed by atoms with Crippen LogP contribution < -0.4 is 0 Å². The minimum atomic E-state index is -0.486. The van der Waals surface area contributed by atoms with Crippen molar-refractivity contribution >= 4 is 12.0 Å². The minimum absolute atomic E-state index is 0.0383. The molecule has 0 aromatic heterocycles. The fraction of sp³-hybridized carbons (Fsp3) is 0.789. The van der Waals surface area contributed by atoms with Gasteiger partial charge in [0.05, 0.1) is 5.92 Å². The van der Waals surface area contributed by atoms with Crippen molar-refractivity contribution in [3.05, 3.63) is 11.6 Å². The Morgan fingerprint density at radius 2 is 1.54 bits per heavy atom. The van der Waals surface area contributed by atoms with Gasteiger partial charge in [0.15, 0.2) is 0 Å². The third-order valence-electron chi connectivity index (χ3n) is 4.93. The van der Waals surface area contributed by atoms with Crippen LogP contribution in [-0.2, 0) is 9.53 Å². The summed E-state index contributed by atoms with van der Waals surface area (Å²) in [6.45, 7) is 16.3. The molecule has 0 spiro atoms. The molecule has 2 aliphatic rings. The molecule has 0 bridgehead atoms. The lowest BCUT2D eigenvalue weighted by molar-refractivity contribution is -0.135. The molecule has 1 saturated heterocycles. The van der Waals surface area contributed by atoms with Gasteiger partial charge in [0, 0.05) is 26.2 Å². The SMILES string of the molecule is CC(C)=C[C@H]1[C@@H](C(=O)N2CCN(C(=O)OC(C)(C)C)CC2)C1(C)C. The Kier molecular flexibility index (Phi) is 5.03. The Morgan fingerprint density at radius 1 is 1.04 bits per heavy atom. The number of amides is 2. The first-order valence-electron chi connectivity index (χ1n) is 8.85. The number of hydrogen-bond donors (Lipinski definition) is 0. The van der Waals surface area contributed by atoms with Crippen molar-refractivity contribution in [3.8, 4) is 0 Å². The number of rotatable bonds is 2. The Labute approximate surface area is 146 Å². The fourth-order valence-electron chi connectivity index (χ4n) is 3.45. The van der Waals surface area contributed by atoms with Crippen molar-refractivity contribution in [3.63, 3.8) is 0 Å². The Balaban J connectivity index is 1.90. The Hall–Kier alpha value is -1.52. The number of allylic oxidation sites excluding steroid dienone is 2. The first kappa shape index (κ1) is 18.8. The normalized spacial score (nSPS) is 26.0. The van der Waals surface area contributed by atoms with Crippen LogP contribution in [0.5, 0.6) is 0 Å². The summed E-state index contributed by atoms with van der Waals surface area (Å²) in [6, 6.07) is 0. The Bertz CT molecular complexity index is 533. The van der Waals surface area contributed by atoms with Crippen LogP contribution in [0.3, 0.4) is 0 Å². The van der Waals surface area contributed by atoms with Gasteiger partial charge in [-0.2, -0.15) is 0 Å². The molecule has 1 aliphatic heterocycles. The number of carbonyl (C=O) groups excluding carboxylic acids is 2. The zero-order valence-electron chi connectivity index (χ0n) is 16.2. The minimum Gasteiger partial charge on any atom is -0.444 e. The smallest absolute Gasteiger partial charge is 0.410 e. The van der Waals surface area contributed by atoms with Crippen molar-refractivity contribution in [2.45, 2.75) is 54.1 Å². The molecule has 1 heterocycles. The second kappa shape index (κ2) is 6.41. The fourth-order valence-corrected chi connectivity index (χ4v) is 3.45. The van der Waals surface area contributed by atoms with Crippen LogP contribution in [0.1, 0.15) is 48.5 Å². The largest absolute Gasteiger partial charge is 0.444 e. The van der Waals surface area contributed by atoms with Crippen molar-refractivity contribution in [2.24, 2.45) is 17.3 Å². The maximum atomic E-state index is 12.8. The van der Waals surface area contributed by atoms with E-state index in [1.807, 2.05) is 25.7 Å². The molecule has 2 rings (SSSR count). The quantitative estimate of drug-likeness (QED) is 0.727. The average Bonchev–Trinajstić information content (AvgIpc) is 2.96. The van der Waals surface area contributed by atoms with Gasteiger partial charge in [-0.15, -0.1) is 0 Å². The highest BCUT2D eigenvalue weighted by Gasteiger charge is 2.61. The van der Waals surface area contributed by atoms with Crippen LogP contribution in [-0.4, -0.2) is 53.6 Å². The lowest BCUT2D eigenvalue weighted by Crippen LogP contribution is -2.52. The van der Waals surface area contributed by atoms with Gasteiger partial charge in [-0.1, -0.05) is 25.5 Å². The van der Waals surface area contributed by atoms with E-state index in [2.05, 4.69) is 33.8 Å². The molecule has 0 aromatic rings. The number of carbonyl (C=O) groups is 2. The molecule has 0 unspecified atom stereocenters. The van der Waals surface area contributed by atoms with E-state index in [4.69, 9.17) is 4.74 Å². The summed E-state index contributed by atoms with van der Waals surface area (Å²) in [6.07, 6.45) is 1.93. The summed E-state index contributed by atoms with van der Waals surface area (Å²) in [5.74, 6) is 0.630. The molecule has 2 fully saturated rings. The van der Waals surface area contributed by atoms with E-state index >= 15 is 0 Å². The van der Waals surface area contributed by atoms with Gasteiger partial charge < -0.3 is 14.5 Å². The zero-order valence-corrected chi connectivity index (χ0v) is 16.2. The second-order valence-corrected chi connectivity index (χ2v) is 8.86. The second-order valence-electron chi connectivity index (χ2n) is 8.86. The van der Waals surface area contributed by atoms with Crippen LogP contribution in [0.25, 0.3) is 0 Å². The molecular formula is C19H32N2O3. The lowest BCUT2D eigenvalue weighted by atomic mass is 10.1. The molecule has 24 heavy (non-hydrogen) atoms. The standard InChI is InChI=1S/C19H32N2O3/c1-13(2)12-14-15(19(14,6)7)16(22)20-8-10-21(11-9-20)17(23)24-18(3,4)5/h12,14-15H,8-11H2,1-7H3/t14-,15-/m0/s1. The van der Waals surface area contributed by atoms with Crippen molar-refractivity contribution in [1.82, 2.24) is 9.80 Å². The number of hydrogen-bond acceptors (Lipinski definition) is 3. The molecule has 2 atom stereocenters. The molecular weight excluding hydrogens is 304 g/mol. The van der Waals surface area contributed by atoms with E-state index in [1.54, 1.807) is 4.90 Å². The summed E-state index contributed by atoms with van der Waals surface area (Å²) in [4.78, 5) is 28.5. The van der Waals surface area contributed by atoms with Crippen LogP contribution in [0.4, 0.5) is 4.79 Å². The molecule has 1 saturated carbocycles. The highest BCUT2D eigenvalue weighted by molar-refractivity contribution is 5.84. The topological polar surface area (TPSA) is 49.9 Å². The first-order chi connectivity index (χ1) is 10.9. The van der Waals surface area contributed by atoms with Crippen LogP contribution in [0.15, 0.2) is 11.6 Å². The van der Waals surface area contributed by atoms with Crippen molar-refractivity contribution < 1.29 is 14.3 Å². The monoisotopic (exact) mass is 336 g/mol. The summed E-state index contributed by atoms with van der Waals surface area (Å²) >= 11 is 0. The van der Waals surface area contributed by atoms with Gasteiger partial charge in [0.25, 0.3) is 0 Å². The molecule has 0 aromatic carbocycles. The van der Waals surface area contributed by atoms with E-state index in [0.29, 0.717) is 32.1 Å². The van der Waals surface area contributed by atoms with E-state index < -0.39 is 5.60 Å². The molecule has 0 radical (unpaired) electrons. The molecule has 1 aliphatic carbocycles. The zero-order chi connectivity index (χ0) is 18.3. The number of ether oxygens (including phenoxy) is 1. The van der Waals surface area contributed by atoms with E-state index in [-0.39, 0.29) is 23.3 Å². The third kappa shape index (κ3) is 4.11. The van der Waals surface area contributed by atoms with Gasteiger partial charge in [0.2, 0.25) is 5.91 Å². The molecule has 2 amide bonds. The summed E-state index contributed by atoms with van der Waals surface area (Å²) in [5.41, 5.74) is 0.814.